The predicted molar refractivity (Wildman–Crippen MR) is 76.7 cm³/mol. The number of nitrogens with one attached hydrogen (secondary N) is 1. The van der Waals surface area contributed by atoms with E-state index in [4.69, 9.17) is 0 Å². The summed E-state index contributed by atoms with van der Waals surface area (Å²) in [6, 6.07) is 0.823. The van der Waals surface area contributed by atoms with Gasteiger partial charge in [0, 0.05) is 19.6 Å². The van der Waals surface area contributed by atoms with Crippen molar-refractivity contribution in [1.29, 1.82) is 0 Å². The molecule has 1 N–H and O–H groups in total. The molecule has 3 nitrogen and oxygen atoms in total. The van der Waals surface area contributed by atoms with Crippen LogP contribution in [-0.2, 0) is 19.9 Å². The number of hydrogen-bond donors (Lipinski definition) is 1. The lowest BCUT2D eigenvalue weighted by atomic mass is 9.99. The zero-order chi connectivity index (χ0) is 12.8. The fraction of sp³-hybridized carbons (Fsp3) is 0.786. The molecular weight excluding hydrogens is 290 g/mol. The van der Waals surface area contributed by atoms with Crippen molar-refractivity contribution in [3.05, 3.63) is 15.9 Å². The molecule has 0 unspecified atom stereocenters. The van der Waals surface area contributed by atoms with Crippen molar-refractivity contribution in [1.82, 2.24) is 15.1 Å². The first-order valence-corrected chi connectivity index (χ1v) is 7.86. The lowest BCUT2D eigenvalue weighted by molar-refractivity contribution is 0.440. The van der Waals surface area contributed by atoms with E-state index in [9.17, 15) is 0 Å². The third kappa shape index (κ3) is 2.50. The van der Waals surface area contributed by atoms with Crippen molar-refractivity contribution in [2.45, 2.75) is 51.5 Å². The molecule has 100 valence electrons. The average Bonchev–Trinajstić information content (AvgIpc) is 3.24. The maximum absolute atomic E-state index is 4.60. The van der Waals surface area contributed by atoms with Gasteiger partial charge in [-0.3, -0.25) is 4.68 Å². The van der Waals surface area contributed by atoms with Crippen LogP contribution in [0.4, 0.5) is 0 Å². The minimum atomic E-state index is 0.518. The number of halogens is 1. The first-order chi connectivity index (χ1) is 8.63. The summed E-state index contributed by atoms with van der Waals surface area (Å²) in [4.78, 5) is 0. The second-order valence-corrected chi connectivity index (χ2v) is 6.81. The van der Waals surface area contributed by atoms with E-state index in [0.717, 1.165) is 18.9 Å². The quantitative estimate of drug-likeness (QED) is 0.875. The summed E-state index contributed by atoms with van der Waals surface area (Å²) in [5.41, 5.74) is 3.09. The minimum Gasteiger partial charge on any atom is -0.313 e. The van der Waals surface area contributed by atoms with Gasteiger partial charge in [-0.2, -0.15) is 5.10 Å². The Labute approximate surface area is 117 Å². The summed E-state index contributed by atoms with van der Waals surface area (Å²) in [6.45, 7) is 3.36. The van der Waals surface area contributed by atoms with Crippen LogP contribution in [0.5, 0.6) is 0 Å². The Balaban J connectivity index is 1.69. The minimum absolute atomic E-state index is 0.518. The Hall–Kier alpha value is -0.350. The molecule has 2 aliphatic carbocycles. The molecule has 2 aliphatic rings. The van der Waals surface area contributed by atoms with Crippen molar-refractivity contribution in [3.63, 3.8) is 0 Å². The zero-order valence-corrected chi connectivity index (χ0v) is 12.9. The Morgan fingerprint density at radius 1 is 1.44 bits per heavy atom. The van der Waals surface area contributed by atoms with E-state index in [-0.39, 0.29) is 0 Å². The number of nitrogens with zero attached hydrogens (tertiary/aromatic N) is 2. The maximum Gasteiger partial charge on any atom is 0.0766 e. The lowest BCUT2D eigenvalue weighted by Gasteiger charge is -2.16. The van der Waals surface area contributed by atoms with Gasteiger partial charge < -0.3 is 5.32 Å². The Bertz CT molecular complexity index is 444. The van der Waals surface area contributed by atoms with Crippen LogP contribution in [0.25, 0.3) is 0 Å². The fourth-order valence-electron chi connectivity index (χ4n) is 2.61. The lowest BCUT2D eigenvalue weighted by Crippen LogP contribution is -2.27. The van der Waals surface area contributed by atoms with Gasteiger partial charge in [0.25, 0.3) is 0 Å². The molecule has 0 amide bonds. The molecule has 2 fully saturated rings. The van der Waals surface area contributed by atoms with Gasteiger partial charge in [0.05, 0.1) is 15.9 Å². The van der Waals surface area contributed by atoms with Crippen molar-refractivity contribution >= 4 is 15.9 Å². The molecule has 1 heterocycles. The highest BCUT2D eigenvalue weighted by Gasteiger charge is 2.44. The number of rotatable bonds is 6. The standard InChI is InChI=1S/C14H22BrN3/c1-3-11-13(15)12(18(2)17-11)8-14(6-7-14)9-16-10-4-5-10/h10,16H,3-9H2,1-2H3. The topological polar surface area (TPSA) is 29.9 Å². The van der Waals surface area contributed by atoms with Gasteiger partial charge >= 0.3 is 0 Å². The summed E-state index contributed by atoms with van der Waals surface area (Å²) in [6.07, 6.45) is 7.66. The van der Waals surface area contributed by atoms with Crippen molar-refractivity contribution < 1.29 is 0 Å². The van der Waals surface area contributed by atoms with Crippen LogP contribution < -0.4 is 5.32 Å². The van der Waals surface area contributed by atoms with Crippen molar-refractivity contribution in [3.8, 4) is 0 Å². The summed E-state index contributed by atoms with van der Waals surface area (Å²) in [7, 11) is 2.07. The number of aryl methyl sites for hydroxylation is 2. The summed E-state index contributed by atoms with van der Waals surface area (Å²) in [5, 5.41) is 8.29. The summed E-state index contributed by atoms with van der Waals surface area (Å²) in [5.74, 6) is 0. The molecule has 0 spiro atoms. The van der Waals surface area contributed by atoms with Crippen LogP contribution in [0.3, 0.4) is 0 Å². The Kier molecular flexibility index (Phi) is 3.27. The summed E-state index contributed by atoms with van der Waals surface area (Å²) < 4.78 is 3.31. The molecule has 18 heavy (non-hydrogen) atoms. The molecule has 0 bridgehead atoms. The van der Waals surface area contributed by atoms with Crippen LogP contribution in [0, 0.1) is 5.41 Å². The molecule has 1 aromatic rings. The van der Waals surface area contributed by atoms with Crippen molar-refractivity contribution in [2.75, 3.05) is 6.54 Å². The van der Waals surface area contributed by atoms with Gasteiger partial charge in [0.1, 0.15) is 0 Å². The van der Waals surface area contributed by atoms with E-state index in [0.29, 0.717) is 5.41 Å². The Morgan fingerprint density at radius 3 is 2.67 bits per heavy atom. The molecular formula is C14H22BrN3. The molecule has 0 aromatic carbocycles. The smallest absolute Gasteiger partial charge is 0.0766 e. The zero-order valence-electron chi connectivity index (χ0n) is 11.3. The molecule has 2 saturated carbocycles. The molecule has 1 aromatic heterocycles. The summed E-state index contributed by atoms with van der Waals surface area (Å²) >= 11 is 3.73. The van der Waals surface area contributed by atoms with Gasteiger partial charge in [-0.1, -0.05) is 6.92 Å². The molecule has 0 saturated heterocycles. The maximum atomic E-state index is 4.60. The predicted octanol–water partition coefficient (Wildman–Crippen LogP) is 2.82. The van der Waals surface area contributed by atoms with Crippen LogP contribution in [0.15, 0.2) is 4.47 Å². The normalized spacial score (nSPS) is 21.3. The number of hydrogen-bond acceptors (Lipinski definition) is 2. The fourth-order valence-corrected chi connectivity index (χ4v) is 3.36. The van der Waals surface area contributed by atoms with E-state index in [1.165, 1.54) is 48.1 Å². The molecule has 4 heteroatoms. The highest BCUT2D eigenvalue weighted by molar-refractivity contribution is 9.10. The van der Waals surface area contributed by atoms with Gasteiger partial charge in [0.2, 0.25) is 0 Å². The van der Waals surface area contributed by atoms with Gasteiger partial charge in [-0.05, 0) is 59.9 Å². The van der Waals surface area contributed by atoms with Crippen LogP contribution >= 0.6 is 15.9 Å². The second kappa shape index (κ2) is 4.64. The highest BCUT2D eigenvalue weighted by Crippen LogP contribution is 2.49. The third-order valence-electron chi connectivity index (χ3n) is 4.35. The van der Waals surface area contributed by atoms with Crippen LogP contribution in [-0.4, -0.2) is 22.4 Å². The van der Waals surface area contributed by atoms with E-state index >= 15 is 0 Å². The van der Waals surface area contributed by atoms with E-state index in [1.54, 1.807) is 0 Å². The van der Waals surface area contributed by atoms with E-state index < -0.39 is 0 Å². The molecule has 0 atom stereocenters. The van der Waals surface area contributed by atoms with Gasteiger partial charge in [-0.15, -0.1) is 0 Å². The number of aromatic nitrogens is 2. The SMILES string of the molecule is CCc1nn(C)c(CC2(CNC3CC3)CC2)c1Br. The molecule has 0 aliphatic heterocycles. The van der Waals surface area contributed by atoms with E-state index in [1.807, 2.05) is 0 Å². The Morgan fingerprint density at radius 2 is 2.17 bits per heavy atom. The van der Waals surface area contributed by atoms with Crippen molar-refractivity contribution in [2.24, 2.45) is 12.5 Å². The monoisotopic (exact) mass is 311 g/mol. The highest BCUT2D eigenvalue weighted by atomic mass is 79.9. The average molecular weight is 312 g/mol. The van der Waals surface area contributed by atoms with Gasteiger partial charge in [-0.25, -0.2) is 0 Å². The first kappa shape index (κ1) is 12.7. The van der Waals surface area contributed by atoms with Gasteiger partial charge in [0.15, 0.2) is 0 Å². The molecule has 3 rings (SSSR count). The first-order valence-electron chi connectivity index (χ1n) is 7.07. The second-order valence-electron chi connectivity index (χ2n) is 6.02. The van der Waals surface area contributed by atoms with Crippen LogP contribution in [0.1, 0.15) is 44.0 Å². The molecule has 0 radical (unpaired) electrons. The van der Waals surface area contributed by atoms with E-state index in [2.05, 4.69) is 45.0 Å². The largest absolute Gasteiger partial charge is 0.313 e. The third-order valence-corrected chi connectivity index (χ3v) is 5.26. The van der Waals surface area contributed by atoms with Crippen LogP contribution in [0.2, 0.25) is 0 Å².